The van der Waals surface area contributed by atoms with Gasteiger partial charge in [-0.2, -0.15) is 0 Å². The average Bonchev–Trinajstić information content (AvgIpc) is 2.61. The van der Waals surface area contributed by atoms with Crippen molar-refractivity contribution in [2.24, 2.45) is 0 Å². The van der Waals surface area contributed by atoms with Crippen LogP contribution in [-0.2, 0) is 6.61 Å². The molecule has 1 aromatic heterocycles. The molecule has 2 aromatic carbocycles. The highest BCUT2D eigenvalue weighted by Gasteiger charge is 2.11. The summed E-state index contributed by atoms with van der Waals surface area (Å²) in [4.78, 5) is 4.17. The van der Waals surface area contributed by atoms with Crippen LogP contribution in [0.4, 0.5) is 0 Å². The second-order valence-electron chi connectivity index (χ2n) is 5.00. The Labute approximate surface area is 129 Å². The van der Waals surface area contributed by atoms with Crippen molar-refractivity contribution in [2.45, 2.75) is 12.7 Å². The van der Waals surface area contributed by atoms with Crippen LogP contribution in [0, 0.1) is 0 Å². The number of aliphatic hydroxyl groups is 1. The fraction of sp³-hybridized carbons (Fsp3) is 0.105. The fourth-order valence-electron chi connectivity index (χ4n) is 2.20. The normalized spacial score (nSPS) is 11.9. The van der Waals surface area contributed by atoms with Crippen molar-refractivity contribution in [1.82, 2.24) is 4.98 Å². The van der Waals surface area contributed by atoms with Gasteiger partial charge in [-0.15, -0.1) is 0 Å². The molecule has 0 spiro atoms. The second kappa shape index (κ2) is 6.87. The Bertz CT molecular complexity index is 697. The zero-order valence-electron chi connectivity index (χ0n) is 12.1. The summed E-state index contributed by atoms with van der Waals surface area (Å²) in [5.74, 6) is 0.779. The van der Waals surface area contributed by atoms with E-state index in [1.54, 1.807) is 6.20 Å². The Hall–Kier alpha value is -2.65. The van der Waals surface area contributed by atoms with E-state index in [-0.39, 0.29) is 0 Å². The van der Waals surface area contributed by atoms with Crippen LogP contribution in [0.5, 0.6) is 5.75 Å². The summed E-state index contributed by atoms with van der Waals surface area (Å²) >= 11 is 0. The lowest BCUT2D eigenvalue weighted by atomic mass is 10.1. The lowest BCUT2D eigenvalue weighted by Gasteiger charge is -2.11. The van der Waals surface area contributed by atoms with E-state index in [4.69, 9.17) is 4.74 Å². The van der Waals surface area contributed by atoms with Crippen molar-refractivity contribution in [2.75, 3.05) is 0 Å². The Balaban J connectivity index is 1.65. The molecule has 0 fully saturated rings. The van der Waals surface area contributed by atoms with Gasteiger partial charge in [-0.3, -0.25) is 4.98 Å². The molecule has 1 heterocycles. The maximum atomic E-state index is 10.3. The molecular formula is C19H17NO2. The van der Waals surface area contributed by atoms with Crippen LogP contribution in [0.3, 0.4) is 0 Å². The number of benzene rings is 2. The van der Waals surface area contributed by atoms with Crippen LogP contribution in [0.15, 0.2) is 79.0 Å². The van der Waals surface area contributed by atoms with Crippen molar-refractivity contribution >= 4 is 0 Å². The maximum Gasteiger partial charge on any atom is 0.121 e. The number of hydrogen-bond donors (Lipinski definition) is 1. The number of aliphatic hydroxyl groups excluding tert-OH is 1. The van der Waals surface area contributed by atoms with Crippen molar-refractivity contribution in [3.63, 3.8) is 0 Å². The Kier molecular flexibility index (Phi) is 4.47. The molecular weight excluding hydrogens is 274 g/mol. The molecule has 0 aliphatic heterocycles. The first-order valence-electron chi connectivity index (χ1n) is 7.18. The number of rotatable bonds is 5. The van der Waals surface area contributed by atoms with Crippen LogP contribution in [0.1, 0.15) is 22.9 Å². The SMILES string of the molecule is OC(c1ccc(OCc2ccccc2)cc1)c1ccccn1. The summed E-state index contributed by atoms with van der Waals surface area (Å²) in [5, 5.41) is 10.3. The largest absolute Gasteiger partial charge is 0.489 e. The quantitative estimate of drug-likeness (QED) is 0.778. The summed E-state index contributed by atoms with van der Waals surface area (Å²) in [6.45, 7) is 0.531. The third-order valence-electron chi connectivity index (χ3n) is 3.41. The number of hydrogen-bond acceptors (Lipinski definition) is 3. The standard InChI is InChI=1S/C19H17NO2/c21-19(18-8-4-5-13-20-18)16-9-11-17(12-10-16)22-14-15-6-2-1-3-7-15/h1-13,19,21H,14H2. The van der Waals surface area contributed by atoms with Gasteiger partial charge in [-0.05, 0) is 35.4 Å². The summed E-state index contributed by atoms with van der Waals surface area (Å²) in [7, 11) is 0. The molecule has 3 nitrogen and oxygen atoms in total. The molecule has 0 bridgehead atoms. The summed E-state index contributed by atoms with van der Waals surface area (Å²) in [5.41, 5.74) is 2.56. The molecule has 0 aliphatic carbocycles. The van der Waals surface area contributed by atoms with Gasteiger partial charge in [0.2, 0.25) is 0 Å². The van der Waals surface area contributed by atoms with Crippen molar-refractivity contribution in [3.8, 4) is 5.75 Å². The van der Waals surface area contributed by atoms with Crippen LogP contribution in [0.2, 0.25) is 0 Å². The van der Waals surface area contributed by atoms with E-state index < -0.39 is 6.10 Å². The fourth-order valence-corrected chi connectivity index (χ4v) is 2.20. The van der Waals surface area contributed by atoms with Gasteiger partial charge in [-0.25, -0.2) is 0 Å². The topological polar surface area (TPSA) is 42.4 Å². The van der Waals surface area contributed by atoms with E-state index in [0.717, 1.165) is 16.9 Å². The Morgan fingerprint density at radius 2 is 1.59 bits per heavy atom. The number of nitrogens with zero attached hydrogens (tertiary/aromatic N) is 1. The lowest BCUT2D eigenvalue weighted by molar-refractivity contribution is 0.215. The van der Waals surface area contributed by atoms with E-state index in [2.05, 4.69) is 4.98 Å². The van der Waals surface area contributed by atoms with Crippen molar-refractivity contribution in [3.05, 3.63) is 95.8 Å². The van der Waals surface area contributed by atoms with Crippen molar-refractivity contribution in [1.29, 1.82) is 0 Å². The second-order valence-corrected chi connectivity index (χ2v) is 5.00. The number of ether oxygens (including phenoxy) is 1. The molecule has 1 unspecified atom stereocenters. The van der Waals surface area contributed by atoms with Gasteiger partial charge in [0.15, 0.2) is 0 Å². The molecule has 3 aromatic rings. The van der Waals surface area contributed by atoms with Crippen molar-refractivity contribution < 1.29 is 9.84 Å². The third kappa shape index (κ3) is 3.51. The van der Waals surface area contributed by atoms with Crippen LogP contribution < -0.4 is 4.74 Å². The summed E-state index contributed by atoms with van der Waals surface area (Å²) in [6, 6.07) is 23.0. The van der Waals surface area contributed by atoms with Gasteiger partial charge in [0.05, 0.1) is 5.69 Å². The molecule has 22 heavy (non-hydrogen) atoms. The maximum absolute atomic E-state index is 10.3. The molecule has 1 N–H and O–H groups in total. The molecule has 1 atom stereocenters. The van der Waals surface area contributed by atoms with Gasteiger partial charge in [-0.1, -0.05) is 48.5 Å². The van der Waals surface area contributed by atoms with E-state index in [0.29, 0.717) is 12.3 Å². The molecule has 0 amide bonds. The minimum atomic E-state index is -0.718. The molecule has 3 heteroatoms. The number of pyridine rings is 1. The first-order chi connectivity index (χ1) is 10.8. The predicted octanol–water partition coefficient (Wildman–Crippen LogP) is 3.74. The van der Waals surface area contributed by atoms with Crippen LogP contribution >= 0.6 is 0 Å². The molecule has 0 radical (unpaired) electrons. The first-order valence-corrected chi connectivity index (χ1v) is 7.18. The van der Waals surface area contributed by atoms with Crippen LogP contribution in [-0.4, -0.2) is 10.1 Å². The Morgan fingerprint density at radius 1 is 0.864 bits per heavy atom. The van der Waals surface area contributed by atoms with Crippen LogP contribution in [0.25, 0.3) is 0 Å². The number of aromatic nitrogens is 1. The zero-order valence-corrected chi connectivity index (χ0v) is 12.1. The van der Waals surface area contributed by atoms with Gasteiger partial charge in [0.1, 0.15) is 18.5 Å². The average molecular weight is 291 g/mol. The molecule has 0 aliphatic rings. The monoisotopic (exact) mass is 291 g/mol. The highest BCUT2D eigenvalue weighted by molar-refractivity contribution is 5.32. The molecule has 0 saturated heterocycles. The van der Waals surface area contributed by atoms with E-state index in [9.17, 15) is 5.11 Å². The van der Waals surface area contributed by atoms with Gasteiger partial charge in [0.25, 0.3) is 0 Å². The minimum absolute atomic E-state index is 0.531. The zero-order chi connectivity index (χ0) is 15.2. The Morgan fingerprint density at radius 3 is 2.27 bits per heavy atom. The summed E-state index contributed by atoms with van der Waals surface area (Å²) < 4.78 is 5.74. The highest BCUT2D eigenvalue weighted by Crippen LogP contribution is 2.22. The molecule has 110 valence electrons. The summed E-state index contributed by atoms with van der Waals surface area (Å²) in [6.07, 6.45) is 0.958. The van der Waals surface area contributed by atoms with Gasteiger partial charge in [0, 0.05) is 6.20 Å². The first kappa shape index (κ1) is 14.3. The van der Waals surface area contributed by atoms with E-state index in [1.807, 2.05) is 72.8 Å². The third-order valence-corrected chi connectivity index (χ3v) is 3.41. The predicted molar refractivity (Wildman–Crippen MR) is 85.5 cm³/mol. The highest BCUT2D eigenvalue weighted by atomic mass is 16.5. The van der Waals surface area contributed by atoms with E-state index >= 15 is 0 Å². The minimum Gasteiger partial charge on any atom is -0.489 e. The van der Waals surface area contributed by atoms with E-state index in [1.165, 1.54) is 0 Å². The molecule has 0 saturated carbocycles. The van der Waals surface area contributed by atoms with Gasteiger partial charge < -0.3 is 9.84 Å². The molecule has 3 rings (SSSR count). The lowest BCUT2D eigenvalue weighted by Crippen LogP contribution is -2.02. The van der Waals surface area contributed by atoms with Gasteiger partial charge >= 0.3 is 0 Å². The smallest absolute Gasteiger partial charge is 0.121 e.